The van der Waals surface area contributed by atoms with E-state index in [0.29, 0.717) is 5.56 Å². The van der Waals surface area contributed by atoms with Crippen LogP contribution in [0.1, 0.15) is 19.4 Å². The fourth-order valence-corrected chi connectivity index (χ4v) is 2.69. The van der Waals surface area contributed by atoms with Crippen LogP contribution in [-0.4, -0.2) is 32.8 Å². The van der Waals surface area contributed by atoms with Gasteiger partial charge in [0.25, 0.3) is 0 Å². The minimum Gasteiger partial charge on any atom is -0.449 e. The predicted molar refractivity (Wildman–Crippen MR) is 73.1 cm³/mol. The molecular formula is C12H18N2O5S. The summed E-state index contributed by atoms with van der Waals surface area (Å²) in [5.74, 6) is 0. The summed E-state index contributed by atoms with van der Waals surface area (Å²) >= 11 is 0. The molecule has 0 saturated carbocycles. The van der Waals surface area contributed by atoms with Crippen molar-refractivity contribution in [1.29, 1.82) is 0 Å². The van der Waals surface area contributed by atoms with Crippen molar-refractivity contribution in [3.05, 3.63) is 35.9 Å². The van der Waals surface area contributed by atoms with Crippen LogP contribution in [0.5, 0.6) is 0 Å². The van der Waals surface area contributed by atoms with Gasteiger partial charge < -0.3 is 9.84 Å². The number of aliphatic hydroxyl groups excluding tert-OH is 1. The van der Waals surface area contributed by atoms with Crippen molar-refractivity contribution in [2.45, 2.75) is 19.4 Å². The Morgan fingerprint density at radius 2 is 1.95 bits per heavy atom. The molecule has 0 saturated heterocycles. The average Bonchev–Trinajstić information content (AvgIpc) is 2.38. The molecule has 0 heterocycles. The Morgan fingerprint density at radius 3 is 2.45 bits per heavy atom. The molecule has 1 amide bonds. The average molecular weight is 302 g/mol. The lowest BCUT2D eigenvalue weighted by atomic mass is 9.94. The number of carbonyl (C=O) groups is 1. The van der Waals surface area contributed by atoms with Gasteiger partial charge in [-0.2, -0.15) is 13.1 Å². The third-order valence-electron chi connectivity index (χ3n) is 2.58. The summed E-state index contributed by atoms with van der Waals surface area (Å²) in [6.07, 6.45) is -1.08. The molecule has 1 aromatic carbocycles. The van der Waals surface area contributed by atoms with Crippen molar-refractivity contribution in [3.63, 3.8) is 0 Å². The SMILES string of the molecule is CCOC(=O)NS(=O)(=O)NC(C)(CO)c1ccccc1. The third kappa shape index (κ3) is 4.48. The summed E-state index contributed by atoms with van der Waals surface area (Å²) in [6.45, 7) is 2.65. The highest BCUT2D eigenvalue weighted by atomic mass is 32.2. The molecule has 0 spiro atoms. The topological polar surface area (TPSA) is 105 Å². The van der Waals surface area contributed by atoms with Crippen molar-refractivity contribution in [1.82, 2.24) is 9.44 Å². The Balaban J connectivity index is 2.90. The number of rotatable bonds is 6. The van der Waals surface area contributed by atoms with E-state index in [1.165, 1.54) is 6.92 Å². The minimum absolute atomic E-state index is 0.0529. The van der Waals surface area contributed by atoms with Crippen LogP contribution in [0, 0.1) is 0 Å². The van der Waals surface area contributed by atoms with Gasteiger partial charge in [-0.05, 0) is 19.4 Å². The van der Waals surface area contributed by atoms with Crippen molar-refractivity contribution in [2.75, 3.05) is 13.2 Å². The Morgan fingerprint density at radius 1 is 1.35 bits per heavy atom. The summed E-state index contributed by atoms with van der Waals surface area (Å²) in [4.78, 5) is 11.2. The van der Waals surface area contributed by atoms with Crippen LogP contribution in [0.3, 0.4) is 0 Å². The van der Waals surface area contributed by atoms with Crippen LogP contribution in [0.25, 0.3) is 0 Å². The van der Waals surface area contributed by atoms with E-state index < -0.39 is 28.4 Å². The first-order valence-electron chi connectivity index (χ1n) is 5.98. The van der Waals surface area contributed by atoms with E-state index in [1.807, 2.05) is 0 Å². The number of aliphatic hydroxyl groups is 1. The maximum absolute atomic E-state index is 11.8. The lowest BCUT2D eigenvalue weighted by molar-refractivity contribution is 0.158. The van der Waals surface area contributed by atoms with Gasteiger partial charge in [0, 0.05) is 0 Å². The van der Waals surface area contributed by atoms with Gasteiger partial charge in [0.1, 0.15) is 0 Å². The number of hydrogen-bond donors (Lipinski definition) is 3. The first kappa shape index (κ1) is 16.4. The maximum Gasteiger partial charge on any atom is 0.421 e. The Kier molecular flexibility index (Phi) is 5.49. The Bertz CT molecular complexity index is 546. The number of ether oxygens (including phenoxy) is 1. The van der Waals surface area contributed by atoms with E-state index in [0.717, 1.165) is 0 Å². The fourth-order valence-electron chi connectivity index (χ4n) is 1.58. The van der Waals surface area contributed by atoms with Crippen LogP contribution < -0.4 is 9.44 Å². The zero-order chi connectivity index (χ0) is 15.2. The smallest absolute Gasteiger partial charge is 0.421 e. The van der Waals surface area contributed by atoms with Crippen LogP contribution in [-0.2, 0) is 20.5 Å². The molecule has 0 aromatic heterocycles. The maximum atomic E-state index is 11.8. The second-order valence-electron chi connectivity index (χ2n) is 4.28. The molecule has 1 rings (SSSR count). The number of amides is 1. The van der Waals surface area contributed by atoms with Crippen molar-refractivity contribution in [2.24, 2.45) is 0 Å². The number of benzene rings is 1. The van der Waals surface area contributed by atoms with Gasteiger partial charge in [0.05, 0.1) is 18.8 Å². The molecule has 8 heteroatoms. The first-order chi connectivity index (χ1) is 9.33. The molecule has 1 atom stereocenters. The summed E-state index contributed by atoms with van der Waals surface area (Å²) in [6, 6.07) is 8.55. The van der Waals surface area contributed by atoms with Crippen LogP contribution in [0.15, 0.2) is 30.3 Å². The molecule has 1 aromatic rings. The van der Waals surface area contributed by atoms with Crippen LogP contribution >= 0.6 is 0 Å². The van der Waals surface area contributed by atoms with E-state index >= 15 is 0 Å². The van der Waals surface area contributed by atoms with Crippen LogP contribution in [0.4, 0.5) is 4.79 Å². The minimum atomic E-state index is -4.16. The number of carbonyl (C=O) groups excluding carboxylic acids is 1. The second-order valence-corrected chi connectivity index (χ2v) is 5.70. The molecule has 0 radical (unpaired) electrons. The van der Waals surface area contributed by atoms with Gasteiger partial charge in [-0.1, -0.05) is 30.3 Å². The first-order valence-corrected chi connectivity index (χ1v) is 7.46. The van der Waals surface area contributed by atoms with Crippen LogP contribution in [0.2, 0.25) is 0 Å². The molecule has 0 fully saturated rings. The van der Waals surface area contributed by atoms with Gasteiger partial charge in [-0.25, -0.2) is 9.52 Å². The van der Waals surface area contributed by atoms with E-state index in [2.05, 4.69) is 9.46 Å². The van der Waals surface area contributed by atoms with Gasteiger partial charge in [0.2, 0.25) is 0 Å². The van der Waals surface area contributed by atoms with Crippen molar-refractivity contribution in [3.8, 4) is 0 Å². The Hall–Kier alpha value is -1.64. The second kappa shape index (κ2) is 6.69. The fraction of sp³-hybridized carbons (Fsp3) is 0.417. The summed E-state index contributed by atoms with van der Waals surface area (Å²) in [7, 11) is -4.16. The lowest BCUT2D eigenvalue weighted by Gasteiger charge is -2.28. The quantitative estimate of drug-likeness (QED) is 0.708. The zero-order valence-corrected chi connectivity index (χ0v) is 12.1. The number of nitrogens with one attached hydrogen (secondary N) is 2. The molecule has 3 N–H and O–H groups in total. The standard InChI is InChI=1S/C12H18N2O5S/c1-3-19-11(16)13-20(17,18)14-12(2,9-15)10-7-5-4-6-8-10/h4-8,14-15H,3,9H2,1-2H3,(H,13,16). The predicted octanol–water partition coefficient (Wildman–Crippen LogP) is 0.475. The highest BCUT2D eigenvalue weighted by molar-refractivity contribution is 7.88. The highest BCUT2D eigenvalue weighted by Gasteiger charge is 2.32. The van der Waals surface area contributed by atoms with E-state index in [1.54, 1.807) is 42.0 Å². The Labute approximate surface area is 118 Å². The number of hydrogen-bond acceptors (Lipinski definition) is 5. The van der Waals surface area contributed by atoms with Gasteiger partial charge in [-0.15, -0.1) is 0 Å². The largest absolute Gasteiger partial charge is 0.449 e. The molecule has 0 aliphatic heterocycles. The molecule has 1 unspecified atom stereocenters. The molecule has 112 valence electrons. The van der Waals surface area contributed by atoms with Gasteiger partial charge in [-0.3, -0.25) is 0 Å². The van der Waals surface area contributed by atoms with Gasteiger partial charge >= 0.3 is 16.3 Å². The molecule has 0 aliphatic carbocycles. The summed E-state index contributed by atoms with van der Waals surface area (Å²) < 4.78 is 32.1. The van der Waals surface area contributed by atoms with E-state index in [-0.39, 0.29) is 6.61 Å². The normalized spacial score (nSPS) is 14.3. The lowest BCUT2D eigenvalue weighted by Crippen LogP contribution is -2.52. The molecule has 0 bridgehead atoms. The third-order valence-corrected chi connectivity index (χ3v) is 3.73. The van der Waals surface area contributed by atoms with Gasteiger partial charge in [0.15, 0.2) is 0 Å². The molecule has 7 nitrogen and oxygen atoms in total. The molecular weight excluding hydrogens is 284 g/mol. The monoisotopic (exact) mass is 302 g/mol. The summed E-state index contributed by atoms with van der Waals surface area (Å²) in [5.41, 5.74) is -0.684. The molecule has 20 heavy (non-hydrogen) atoms. The van der Waals surface area contributed by atoms with Crippen molar-refractivity contribution < 1.29 is 23.1 Å². The highest BCUT2D eigenvalue weighted by Crippen LogP contribution is 2.20. The zero-order valence-electron chi connectivity index (χ0n) is 11.3. The van der Waals surface area contributed by atoms with Crippen molar-refractivity contribution >= 4 is 16.3 Å². The van der Waals surface area contributed by atoms with E-state index in [4.69, 9.17) is 0 Å². The summed E-state index contributed by atoms with van der Waals surface area (Å²) in [5, 5.41) is 9.47. The van der Waals surface area contributed by atoms with E-state index in [9.17, 15) is 18.3 Å². The molecule has 0 aliphatic rings.